The van der Waals surface area contributed by atoms with Crippen LogP contribution in [0.5, 0.6) is 11.8 Å². The molecule has 0 radical (unpaired) electrons. The number of aromatic nitrogens is 1. The SMILES string of the molecule is COc1nc(OCC2CC2(F)F)c(F)cc1CNC(=O)C1CCCN1. The van der Waals surface area contributed by atoms with Gasteiger partial charge < -0.3 is 20.1 Å². The molecular weight excluding hydrogens is 339 g/mol. The van der Waals surface area contributed by atoms with Crippen LogP contribution in [0.25, 0.3) is 0 Å². The van der Waals surface area contributed by atoms with Crippen LogP contribution in [0.3, 0.4) is 0 Å². The Balaban J connectivity index is 1.61. The predicted octanol–water partition coefficient (Wildman–Crippen LogP) is 1.63. The summed E-state index contributed by atoms with van der Waals surface area (Å²) in [5.41, 5.74) is 0.343. The van der Waals surface area contributed by atoms with Gasteiger partial charge in [-0.05, 0) is 25.5 Å². The van der Waals surface area contributed by atoms with Crippen LogP contribution in [-0.2, 0) is 11.3 Å². The van der Waals surface area contributed by atoms with Gasteiger partial charge in [-0.3, -0.25) is 4.79 Å². The number of ether oxygens (including phenoxy) is 2. The first-order valence-corrected chi connectivity index (χ1v) is 8.16. The van der Waals surface area contributed by atoms with E-state index in [9.17, 15) is 18.0 Å². The summed E-state index contributed by atoms with van der Waals surface area (Å²) in [5.74, 6) is -4.90. The van der Waals surface area contributed by atoms with E-state index >= 15 is 0 Å². The van der Waals surface area contributed by atoms with Gasteiger partial charge in [-0.25, -0.2) is 13.2 Å². The van der Waals surface area contributed by atoms with Crippen LogP contribution in [0.15, 0.2) is 6.07 Å². The Hall–Kier alpha value is -2.03. The Morgan fingerprint density at radius 3 is 2.84 bits per heavy atom. The highest BCUT2D eigenvalue weighted by Gasteiger charge is 2.57. The third kappa shape index (κ3) is 4.15. The fraction of sp³-hybridized carbons (Fsp3) is 0.625. The standard InChI is InChI=1S/C16H20F3N3O3/c1-24-14-9(7-21-13(23)12-3-2-4-20-12)5-11(17)15(22-14)25-8-10-6-16(10,18)19/h5,10,12,20H,2-4,6-8H2,1H3,(H,21,23). The molecule has 0 aromatic carbocycles. The molecule has 2 fully saturated rings. The fourth-order valence-corrected chi connectivity index (χ4v) is 2.74. The number of pyridine rings is 1. The first kappa shape index (κ1) is 17.8. The summed E-state index contributed by atoms with van der Waals surface area (Å²) in [6.45, 7) is 0.540. The van der Waals surface area contributed by atoms with Gasteiger partial charge in [-0.2, -0.15) is 4.98 Å². The summed E-state index contributed by atoms with van der Waals surface area (Å²) >= 11 is 0. The number of nitrogens with one attached hydrogen (secondary N) is 2. The third-order valence-electron chi connectivity index (χ3n) is 4.38. The van der Waals surface area contributed by atoms with Crippen molar-refractivity contribution in [3.05, 3.63) is 17.4 Å². The van der Waals surface area contributed by atoms with Gasteiger partial charge in [0, 0.05) is 18.5 Å². The Morgan fingerprint density at radius 2 is 2.24 bits per heavy atom. The summed E-state index contributed by atoms with van der Waals surface area (Å²) in [6.07, 6.45) is 1.43. The zero-order valence-electron chi connectivity index (χ0n) is 13.8. The quantitative estimate of drug-likeness (QED) is 0.774. The zero-order valence-corrected chi connectivity index (χ0v) is 13.8. The van der Waals surface area contributed by atoms with Crippen LogP contribution in [0.2, 0.25) is 0 Å². The zero-order chi connectivity index (χ0) is 18.0. The Morgan fingerprint density at radius 1 is 1.48 bits per heavy atom. The van der Waals surface area contributed by atoms with E-state index in [0.29, 0.717) is 5.56 Å². The van der Waals surface area contributed by atoms with Crippen molar-refractivity contribution in [1.29, 1.82) is 0 Å². The van der Waals surface area contributed by atoms with Crippen molar-refractivity contribution >= 4 is 5.91 Å². The number of hydrogen-bond acceptors (Lipinski definition) is 5. The molecule has 2 N–H and O–H groups in total. The van der Waals surface area contributed by atoms with Gasteiger partial charge in [0.05, 0.1) is 25.7 Å². The van der Waals surface area contributed by atoms with E-state index in [1.54, 1.807) is 0 Å². The maximum atomic E-state index is 14.1. The van der Waals surface area contributed by atoms with Crippen LogP contribution < -0.4 is 20.1 Å². The van der Waals surface area contributed by atoms with Crippen molar-refractivity contribution in [2.45, 2.75) is 37.8 Å². The van der Waals surface area contributed by atoms with Crippen LogP contribution in [0.4, 0.5) is 13.2 Å². The van der Waals surface area contributed by atoms with Crippen LogP contribution in [-0.4, -0.2) is 43.1 Å². The van der Waals surface area contributed by atoms with Crippen molar-refractivity contribution in [2.24, 2.45) is 5.92 Å². The minimum Gasteiger partial charge on any atom is -0.481 e. The van der Waals surface area contributed by atoms with E-state index in [0.717, 1.165) is 25.5 Å². The molecule has 2 aliphatic rings. The molecule has 0 bridgehead atoms. The maximum Gasteiger partial charge on any atom is 0.255 e. The van der Waals surface area contributed by atoms with Crippen LogP contribution in [0.1, 0.15) is 24.8 Å². The van der Waals surface area contributed by atoms with E-state index < -0.39 is 17.7 Å². The molecule has 9 heteroatoms. The number of halogens is 3. The van der Waals surface area contributed by atoms with Gasteiger partial charge >= 0.3 is 0 Å². The second kappa shape index (κ2) is 7.07. The minimum atomic E-state index is -2.74. The molecule has 1 saturated heterocycles. The van der Waals surface area contributed by atoms with E-state index in [4.69, 9.17) is 9.47 Å². The second-order valence-electron chi connectivity index (χ2n) is 6.28. The highest BCUT2D eigenvalue weighted by atomic mass is 19.3. The lowest BCUT2D eigenvalue weighted by Crippen LogP contribution is -2.40. The van der Waals surface area contributed by atoms with Crippen molar-refractivity contribution in [3.63, 3.8) is 0 Å². The van der Waals surface area contributed by atoms with Crippen molar-refractivity contribution in [2.75, 3.05) is 20.3 Å². The molecule has 1 aliphatic heterocycles. The van der Waals surface area contributed by atoms with Gasteiger partial charge in [0.25, 0.3) is 11.8 Å². The predicted molar refractivity (Wildman–Crippen MR) is 82.2 cm³/mol. The molecule has 1 amide bonds. The summed E-state index contributed by atoms with van der Waals surface area (Å²) < 4.78 is 49.9. The number of methoxy groups -OCH3 is 1. The highest BCUT2D eigenvalue weighted by molar-refractivity contribution is 5.82. The summed E-state index contributed by atoms with van der Waals surface area (Å²) in [6, 6.07) is 0.890. The van der Waals surface area contributed by atoms with Crippen molar-refractivity contribution in [1.82, 2.24) is 15.6 Å². The first-order valence-electron chi connectivity index (χ1n) is 8.16. The summed E-state index contributed by atoms with van der Waals surface area (Å²) in [7, 11) is 1.35. The molecule has 1 aliphatic carbocycles. The Bertz CT molecular complexity index is 651. The van der Waals surface area contributed by atoms with Gasteiger partial charge in [0.1, 0.15) is 0 Å². The average molecular weight is 359 g/mol. The number of rotatable bonds is 7. The van der Waals surface area contributed by atoms with Crippen molar-refractivity contribution < 1.29 is 27.4 Å². The van der Waals surface area contributed by atoms with E-state index in [-0.39, 0.29) is 43.3 Å². The molecule has 25 heavy (non-hydrogen) atoms. The average Bonchev–Trinajstić information content (AvgIpc) is 2.99. The first-order chi connectivity index (χ1) is 11.9. The Kier molecular flexibility index (Phi) is 5.03. The molecule has 2 unspecified atom stereocenters. The number of amides is 1. The van der Waals surface area contributed by atoms with E-state index in [2.05, 4.69) is 15.6 Å². The normalized spacial score (nSPS) is 24.0. The van der Waals surface area contributed by atoms with Gasteiger partial charge in [0.15, 0.2) is 5.82 Å². The Labute approximate surface area is 143 Å². The van der Waals surface area contributed by atoms with Crippen molar-refractivity contribution in [3.8, 4) is 11.8 Å². The van der Waals surface area contributed by atoms with Gasteiger partial charge in [0.2, 0.25) is 11.8 Å². The molecule has 138 valence electrons. The second-order valence-corrected chi connectivity index (χ2v) is 6.28. The number of nitrogens with zero attached hydrogens (tertiary/aromatic N) is 1. The van der Waals surface area contributed by atoms with Gasteiger partial charge in [-0.1, -0.05) is 0 Å². The molecular formula is C16H20F3N3O3. The lowest BCUT2D eigenvalue weighted by molar-refractivity contribution is -0.122. The maximum absolute atomic E-state index is 14.1. The molecule has 3 rings (SSSR count). The molecule has 0 spiro atoms. The molecule has 1 aromatic rings. The fourth-order valence-electron chi connectivity index (χ4n) is 2.74. The minimum absolute atomic E-state index is 0.0467. The topological polar surface area (TPSA) is 72.5 Å². The number of carbonyl (C=O) groups is 1. The van der Waals surface area contributed by atoms with E-state index in [1.165, 1.54) is 7.11 Å². The molecule has 1 saturated carbocycles. The van der Waals surface area contributed by atoms with E-state index in [1.807, 2.05) is 0 Å². The lowest BCUT2D eigenvalue weighted by atomic mass is 10.2. The summed E-state index contributed by atoms with van der Waals surface area (Å²) in [4.78, 5) is 15.9. The molecule has 2 atom stereocenters. The number of carbonyl (C=O) groups excluding carboxylic acids is 1. The highest BCUT2D eigenvalue weighted by Crippen LogP contribution is 2.48. The third-order valence-corrected chi connectivity index (χ3v) is 4.38. The van der Waals surface area contributed by atoms with Crippen LogP contribution in [0, 0.1) is 11.7 Å². The largest absolute Gasteiger partial charge is 0.481 e. The number of alkyl halides is 2. The monoisotopic (exact) mass is 359 g/mol. The molecule has 2 heterocycles. The van der Waals surface area contributed by atoms with Gasteiger partial charge in [-0.15, -0.1) is 0 Å². The summed E-state index contributed by atoms with van der Waals surface area (Å²) in [5, 5.41) is 5.77. The number of hydrogen-bond donors (Lipinski definition) is 2. The lowest BCUT2D eigenvalue weighted by Gasteiger charge is -2.14. The van der Waals surface area contributed by atoms with Crippen LogP contribution >= 0.6 is 0 Å². The smallest absolute Gasteiger partial charge is 0.255 e. The molecule has 6 nitrogen and oxygen atoms in total. The molecule has 1 aromatic heterocycles.